The maximum atomic E-state index is 10.4. The second-order valence-corrected chi connectivity index (χ2v) is 7.53. The summed E-state index contributed by atoms with van der Waals surface area (Å²) in [6.45, 7) is 9.12. The van der Waals surface area contributed by atoms with E-state index in [-0.39, 0.29) is 11.5 Å². The van der Waals surface area contributed by atoms with Gasteiger partial charge in [0.1, 0.15) is 12.4 Å². The topological polar surface area (TPSA) is 29.5 Å². The van der Waals surface area contributed by atoms with E-state index in [1.165, 1.54) is 30.4 Å². The zero-order chi connectivity index (χ0) is 15.5. The summed E-state index contributed by atoms with van der Waals surface area (Å²) >= 11 is 0. The molecule has 1 N–H and O–H groups in total. The highest BCUT2D eigenvalue weighted by Gasteiger charge is 2.24. The predicted octanol–water partition coefficient (Wildman–Crippen LogP) is 4.61. The molecule has 1 aromatic carbocycles. The number of benzene rings is 1. The van der Waals surface area contributed by atoms with E-state index in [2.05, 4.69) is 39.8 Å². The third-order valence-corrected chi connectivity index (χ3v) is 4.55. The average molecular weight is 290 g/mol. The molecule has 0 aromatic heterocycles. The van der Waals surface area contributed by atoms with Crippen LogP contribution in [-0.4, -0.2) is 17.8 Å². The Morgan fingerprint density at radius 2 is 1.86 bits per heavy atom. The van der Waals surface area contributed by atoms with Crippen LogP contribution < -0.4 is 4.74 Å². The van der Waals surface area contributed by atoms with E-state index in [0.717, 1.165) is 18.6 Å². The lowest BCUT2D eigenvalue weighted by Gasteiger charge is -2.28. The van der Waals surface area contributed by atoms with E-state index in [1.807, 2.05) is 6.07 Å². The van der Waals surface area contributed by atoms with E-state index in [0.29, 0.717) is 12.5 Å². The van der Waals surface area contributed by atoms with Crippen LogP contribution in [0, 0.1) is 12.8 Å². The van der Waals surface area contributed by atoms with Crippen LogP contribution in [0.5, 0.6) is 5.75 Å². The Kier molecular flexibility index (Phi) is 5.32. The molecule has 1 fully saturated rings. The van der Waals surface area contributed by atoms with Crippen LogP contribution in [0.25, 0.3) is 0 Å². The van der Waals surface area contributed by atoms with Crippen LogP contribution in [0.2, 0.25) is 0 Å². The molecule has 2 heteroatoms. The van der Waals surface area contributed by atoms with E-state index < -0.39 is 0 Å². The molecule has 0 radical (unpaired) electrons. The van der Waals surface area contributed by atoms with Crippen molar-refractivity contribution in [1.29, 1.82) is 0 Å². The molecule has 0 amide bonds. The van der Waals surface area contributed by atoms with Crippen molar-refractivity contribution < 1.29 is 9.84 Å². The van der Waals surface area contributed by atoms with Gasteiger partial charge >= 0.3 is 0 Å². The van der Waals surface area contributed by atoms with Crippen LogP contribution >= 0.6 is 0 Å². The van der Waals surface area contributed by atoms with Gasteiger partial charge in [-0.1, -0.05) is 57.7 Å². The van der Waals surface area contributed by atoms with Crippen LogP contribution in [0.3, 0.4) is 0 Å². The highest BCUT2D eigenvalue weighted by atomic mass is 16.5. The summed E-state index contributed by atoms with van der Waals surface area (Å²) in [6, 6.07) is 6.32. The molecule has 2 rings (SSSR count). The summed E-state index contributed by atoms with van der Waals surface area (Å²) in [5, 5.41) is 10.4. The standard InChI is InChI=1S/C19H30O2/c1-14-10-11-18(16(12-14)19(2,3)4)21-13-17(20)15-8-6-5-7-9-15/h10-12,15,17,20H,5-9,13H2,1-4H3. The predicted molar refractivity (Wildman–Crippen MR) is 88.0 cm³/mol. The SMILES string of the molecule is Cc1ccc(OCC(O)C2CCCCC2)c(C(C)(C)C)c1. The van der Waals surface area contributed by atoms with Crippen molar-refractivity contribution in [2.45, 2.75) is 71.3 Å². The van der Waals surface area contributed by atoms with Gasteiger partial charge in [-0.3, -0.25) is 0 Å². The van der Waals surface area contributed by atoms with Crippen molar-refractivity contribution in [1.82, 2.24) is 0 Å². The Morgan fingerprint density at radius 3 is 2.48 bits per heavy atom. The lowest BCUT2D eigenvalue weighted by Crippen LogP contribution is -2.29. The first-order valence-electron chi connectivity index (χ1n) is 8.30. The monoisotopic (exact) mass is 290 g/mol. The molecule has 0 heterocycles. The summed E-state index contributed by atoms with van der Waals surface area (Å²) in [4.78, 5) is 0. The van der Waals surface area contributed by atoms with Crippen molar-refractivity contribution in [3.63, 3.8) is 0 Å². The lowest BCUT2D eigenvalue weighted by molar-refractivity contribution is 0.0408. The van der Waals surface area contributed by atoms with Gasteiger partial charge in [0, 0.05) is 0 Å². The van der Waals surface area contributed by atoms with Gasteiger partial charge < -0.3 is 9.84 Å². The third-order valence-electron chi connectivity index (χ3n) is 4.55. The summed E-state index contributed by atoms with van der Waals surface area (Å²) in [6.07, 6.45) is 5.77. The third kappa shape index (κ3) is 4.47. The largest absolute Gasteiger partial charge is 0.491 e. The Labute approximate surface area is 129 Å². The van der Waals surface area contributed by atoms with E-state index in [1.54, 1.807) is 0 Å². The van der Waals surface area contributed by atoms with Gasteiger partial charge in [0.25, 0.3) is 0 Å². The average Bonchev–Trinajstić information content (AvgIpc) is 2.45. The van der Waals surface area contributed by atoms with Gasteiger partial charge in [-0.05, 0) is 42.7 Å². The minimum absolute atomic E-state index is 0.0527. The molecule has 0 bridgehead atoms. The Bertz CT molecular complexity index is 453. The number of aryl methyl sites for hydroxylation is 1. The summed E-state index contributed by atoms with van der Waals surface area (Å²) in [7, 11) is 0. The van der Waals surface area contributed by atoms with Gasteiger partial charge in [-0.25, -0.2) is 0 Å². The highest BCUT2D eigenvalue weighted by Crippen LogP contribution is 2.33. The first-order valence-corrected chi connectivity index (χ1v) is 8.30. The number of rotatable bonds is 4. The van der Waals surface area contributed by atoms with Crippen LogP contribution in [0.15, 0.2) is 18.2 Å². The number of aliphatic hydroxyl groups is 1. The normalized spacial score (nSPS) is 18.5. The Balaban J connectivity index is 2.02. The Morgan fingerprint density at radius 1 is 1.19 bits per heavy atom. The van der Waals surface area contributed by atoms with Gasteiger partial charge in [0.05, 0.1) is 6.10 Å². The number of aliphatic hydroxyl groups excluding tert-OH is 1. The second-order valence-electron chi connectivity index (χ2n) is 7.53. The first-order chi connectivity index (χ1) is 9.88. The van der Waals surface area contributed by atoms with Crippen LogP contribution in [0.1, 0.15) is 64.0 Å². The molecule has 1 aromatic rings. The minimum Gasteiger partial charge on any atom is -0.491 e. The molecule has 1 atom stereocenters. The first kappa shape index (κ1) is 16.4. The van der Waals surface area contributed by atoms with Gasteiger partial charge in [0.15, 0.2) is 0 Å². The van der Waals surface area contributed by atoms with Crippen LogP contribution in [-0.2, 0) is 5.41 Å². The molecule has 0 spiro atoms. The van der Waals surface area contributed by atoms with Gasteiger partial charge in [0.2, 0.25) is 0 Å². The summed E-state index contributed by atoms with van der Waals surface area (Å²) in [5.41, 5.74) is 2.52. The fraction of sp³-hybridized carbons (Fsp3) is 0.684. The highest BCUT2D eigenvalue weighted by molar-refractivity contribution is 5.41. The van der Waals surface area contributed by atoms with Gasteiger partial charge in [-0.15, -0.1) is 0 Å². The molecule has 0 saturated heterocycles. The quantitative estimate of drug-likeness (QED) is 0.877. The maximum Gasteiger partial charge on any atom is 0.123 e. The number of hydrogen-bond acceptors (Lipinski definition) is 2. The number of hydrogen-bond donors (Lipinski definition) is 1. The molecule has 21 heavy (non-hydrogen) atoms. The Hall–Kier alpha value is -1.02. The zero-order valence-electron chi connectivity index (χ0n) is 14.0. The molecule has 118 valence electrons. The lowest BCUT2D eigenvalue weighted by atomic mass is 9.85. The maximum absolute atomic E-state index is 10.4. The van der Waals surface area contributed by atoms with Crippen molar-refractivity contribution in [3.8, 4) is 5.75 Å². The zero-order valence-corrected chi connectivity index (χ0v) is 14.0. The fourth-order valence-electron chi connectivity index (χ4n) is 3.19. The molecular formula is C19H30O2. The fourth-order valence-corrected chi connectivity index (χ4v) is 3.19. The minimum atomic E-state index is -0.334. The number of ether oxygens (including phenoxy) is 1. The second kappa shape index (κ2) is 6.83. The van der Waals surface area contributed by atoms with Crippen LogP contribution in [0.4, 0.5) is 0 Å². The van der Waals surface area contributed by atoms with E-state index in [4.69, 9.17) is 4.74 Å². The molecule has 1 saturated carbocycles. The van der Waals surface area contributed by atoms with Crippen molar-refractivity contribution in [2.75, 3.05) is 6.61 Å². The smallest absolute Gasteiger partial charge is 0.123 e. The molecule has 1 aliphatic rings. The van der Waals surface area contributed by atoms with Crippen molar-refractivity contribution >= 4 is 0 Å². The van der Waals surface area contributed by atoms with Crippen molar-refractivity contribution in [3.05, 3.63) is 29.3 Å². The van der Waals surface area contributed by atoms with Crippen molar-refractivity contribution in [2.24, 2.45) is 5.92 Å². The summed E-state index contributed by atoms with van der Waals surface area (Å²) < 4.78 is 5.98. The molecule has 2 nitrogen and oxygen atoms in total. The van der Waals surface area contributed by atoms with E-state index >= 15 is 0 Å². The molecular weight excluding hydrogens is 260 g/mol. The van der Waals surface area contributed by atoms with Gasteiger partial charge in [-0.2, -0.15) is 0 Å². The molecule has 1 unspecified atom stereocenters. The molecule has 0 aliphatic heterocycles. The summed E-state index contributed by atoms with van der Waals surface area (Å²) in [5.74, 6) is 1.34. The molecule has 1 aliphatic carbocycles. The van der Waals surface area contributed by atoms with E-state index in [9.17, 15) is 5.11 Å².